The van der Waals surface area contributed by atoms with E-state index in [1.807, 2.05) is 0 Å². The Balaban J connectivity index is 2.17. The van der Waals surface area contributed by atoms with E-state index in [9.17, 15) is 30.8 Å². The number of hydrogen-bond acceptors (Lipinski definition) is 4. The molecular weight excluding hydrogens is 360 g/mol. The Bertz CT molecular complexity index is 677. The van der Waals surface area contributed by atoms with Gasteiger partial charge in [-0.2, -0.15) is 17.5 Å². The molecule has 11 heteroatoms. The van der Waals surface area contributed by atoms with Gasteiger partial charge in [0.05, 0.1) is 10.8 Å². The van der Waals surface area contributed by atoms with Gasteiger partial charge in [0.2, 0.25) is 15.9 Å². The van der Waals surface area contributed by atoms with Crippen molar-refractivity contribution >= 4 is 27.7 Å². The highest BCUT2D eigenvalue weighted by molar-refractivity contribution is 8.00. The summed E-state index contributed by atoms with van der Waals surface area (Å²) >= 11 is 1.11. The lowest BCUT2D eigenvalue weighted by Crippen LogP contribution is -2.49. The van der Waals surface area contributed by atoms with Gasteiger partial charge in [0.1, 0.15) is 18.4 Å². The zero-order valence-corrected chi connectivity index (χ0v) is 13.1. The number of benzene rings is 1. The normalized spacial score (nSPS) is 19.7. The summed E-state index contributed by atoms with van der Waals surface area (Å²) in [4.78, 5) is 11.6. The first-order valence-corrected chi connectivity index (χ1v) is 8.90. The van der Waals surface area contributed by atoms with Crippen LogP contribution in [-0.2, 0) is 14.8 Å². The molecule has 5 nitrogen and oxygen atoms in total. The number of nitrogens with one attached hydrogen (secondary N) is 1. The van der Waals surface area contributed by atoms with E-state index in [1.54, 1.807) is 5.32 Å². The Morgan fingerprint density at radius 2 is 1.91 bits per heavy atom. The standard InChI is InChI=1S/C12H12F4N2O3S2/c13-8-1-3-9(4-2-8)23(20,21)18-7-22-5-10(18)11(19)17-6-12(14,15)16/h1-4,10H,5-7H2,(H,17,19)/t10-/m1/s1. The fourth-order valence-corrected chi connectivity index (χ4v) is 5.07. The van der Waals surface area contributed by atoms with E-state index in [-0.39, 0.29) is 16.5 Å². The third-order valence-electron chi connectivity index (χ3n) is 3.03. The van der Waals surface area contributed by atoms with Crippen LogP contribution in [0.25, 0.3) is 0 Å². The van der Waals surface area contributed by atoms with Crippen LogP contribution in [0.2, 0.25) is 0 Å². The SMILES string of the molecule is O=C(NCC(F)(F)F)[C@H]1CSCN1S(=O)(=O)c1ccc(F)cc1. The number of carbonyl (C=O) groups is 1. The van der Waals surface area contributed by atoms with E-state index in [0.29, 0.717) is 0 Å². The highest BCUT2D eigenvalue weighted by atomic mass is 32.2. The lowest BCUT2D eigenvalue weighted by Gasteiger charge is -2.22. The number of alkyl halides is 3. The molecule has 1 N–H and O–H groups in total. The summed E-state index contributed by atoms with van der Waals surface area (Å²) in [7, 11) is -4.10. The van der Waals surface area contributed by atoms with Crippen LogP contribution >= 0.6 is 11.8 Å². The number of halogens is 4. The molecule has 23 heavy (non-hydrogen) atoms. The number of hydrogen-bond donors (Lipinski definition) is 1. The number of amides is 1. The first-order chi connectivity index (χ1) is 10.6. The van der Waals surface area contributed by atoms with Crippen LogP contribution in [-0.4, -0.2) is 49.0 Å². The summed E-state index contributed by atoms with van der Waals surface area (Å²) in [6.07, 6.45) is -4.58. The Hall–Kier alpha value is -1.33. The maximum Gasteiger partial charge on any atom is 0.405 e. The molecule has 0 bridgehead atoms. The first kappa shape index (κ1) is 18.0. The largest absolute Gasteiger partial charge is 0.405 e. The van der Waals surface area contributed by atoms with Crippen molar-refractivity contribution in [3.63, 3.8) is 0 Å². The first-order valence-electron chi connectivity index (χ1n) is 6.31. The number of carbonyl (C=O) groups excluding carboxylic acids is 1. The van der Waals surface area contributed by atoms with Crippen LogP contribution in [0.4, 0.5) is 17.6 Å². The van der Waals surface area contributed by atoms with Gasteiger partial charge in [-0.25, -0.2) is 12.8 Å². The molecule has 2 rings (SSSR count). The van der Waals surface area contributed by atoms with Crippen molar-refractivity contribution in [3.8, 4) is 0 Å². The zero-order valence-electron chi connectivity index (χ0n) is 11.5. The minimum atomic E-state index is -4.58. The fourth-order valence-electron chi connectivity index (χ4n) is 1.92. The molecule has 1 fully saturated rings. The van der Waals surface area contributed by atoms with Crippen molar-refractivity contribution in [2.24, 2.45) is 0 Å². The second kappa shape index (κ2) is 6.65. The Labute approximate surface area is 134 Å². The fraction of sp³-hybridized carbons (Fsp3) is 0.417. The summed E-state index contributed by atoms with van der Waals surface area (Å²) in [5.74, 6) is -1.66. The average Bonchev–Trinajstić information content (AvgIpc) is 2.94. The number of rotatable bonds is 4. The van der Waals surface area contributed by atoms with Crippen molar-refractivity contribution in [3.05, 3.63) is 30.1 Å². The minimum absolute atomic E-state index is 0.0457. The minimum Gasteiger partial charge on any atom is -0.346 e. The molecule has 1 heterocycles. The van der Waals surface area contributed by atoms with Gasteiger partial charge < -0.3 is 5.32 Å². The molecule has 0 aliphatic carbocycles. The lowest BCUT2D eigenvalue weighted by molar-refractivity contribution is -0.140. The number of thioether (sulfide) groups is 1. The lowest BCUT2D eigenvalue weighted by atomic mass is 10.3. The van der Waals surface area contributed by atoms with Gasteiger partial charge in [-0.3, -0.25) is 4.79 Å². The summed E-state index contributed by atoms with van der Waals surface area (Å²) in [6.45, 7) is -1.53. The Kier molecular flexibility index (Phi) is 5.21. The number of nitrogens with zero attached hydrogens (tertiary/aromatic N) is 1. The van der Waals surface area contributed by atoms with Gasteiger partial charge >= 0.3 is 6.18 Å². The van der Waals surface area contributed by atoms with E-state index in [4.69, 9.17) is 0 Å². The van der Waals surface area contributed by atoms with Crippen molar-refractivity contribution in [2.45, 2.75) is 17.1 Å². The highest BCUT2D eigenvalue weighted by Crippen LogP contribution is 2.28. The summed E-state index contributed by atoms with van der Waals surface area (Å²) < 4.78 is 75.0. The summed E-state index contributed by atoms with van der Waals surface area (Å²) in [5, 5.41) is 1.68. The predicted molar refractivity (Wildman–Crippen MR) is 75.6 cm³/mol. The molecule has 128 valence electrons. The molecule has 1 atom stereocenters. The molecule has 1 amide bonds. The third kappa shape index (κ3) is 4.36. The molecule has 1 saturated heterocycles. The molecule has 0 radical (unpaired) electrons. The number of sulfonamides is 1. The quantitative estimate of drug-likeness (QED) is 0.815. The van der Waals surface area contributed by atoms with Gasteiger partial charge in [-0.1, -0.05) is 0 Å². The van der Waals surface area contributed by atoms with Crippen LogP contribution in [0.15, 0.2) is 29.2 Å². The summed E-state index contributed by atoms with van der Waals surface area (Å²) in [5.41, 5.74) is 0. The molecule has 0 unspecified atom stereocenters. The van der Waals surface area contributed by atoms with Crippen LogP contribution in [0, 0.1) is 5.82 Å². The molecular formula is C12H12F4N2O3S2. The second-order valence-corrected chi connectivity index (χ2v) is 7.59. The topological polar surface area (TPSA) is 66.5 Å². The molecule has 1 aliphatic heterocycles. The van der Waals surface area contributed by atoms with E-state index in [0.717, 1.165) is 40.3 Å². The van der Waals surface area contributed by atoms with Crippen molar-refractivity contribution in [1.29, 1.82) is 0 Å². The molecule has 0 saturated carbocycles. The molecule has 0 spiro atoms. The van der Waals surface area contributed by atoms with Gasteiger partial charge in [-0.05, 0) is 24.3 Å². The van der Waals surface area contributed by atoms with Crippen LogP contribution < -0.4 is 5.32 Å². The zero-order chi connectivity index (χ0) is 17.3. The van der Waals surface area contributed by atoms with Gasteiger partial charge in [0, 0.05) is 5.75 Å². The van der Waals surface area contributed by atoms with Crippen molar-refractivity contribution in [2.75, 3.05) is 18.2 Å². The summed E-state index contributed by atoms with van der Waals surface area (Å²) in [6, 6.07) is 2.75. The van der Waals surface area contributed by atoms with Crippen LogP contribution in [0.5, 0.6) is 0 Å². The van der Waals surface area contributed by atoms with Crippen LogP contribution in [0.1, 0.15) is 0 Å². The second-order valence-electron chi connectivity index (χ2n) is 4.69. The molecule has 1 aromatic rings. The van der Waals surface area contributed by atoms with Crippen molar-refractivity contribution < 1.29 is 30.8 Å². The predicted octanol–water partition coefficient (Wildman–Crippen LogP) is 1.57. The van der Waals surface area contributed by atoms with E-state index < -0.39 is 40.5 Å². The maximum atomic E-state index is 12.9. The molecule has 1 aromatic carbocycles. The Morgan fingerprint density at radius 3 is 2.48 bits per heavy atom. The maximum absolute atomic E-state index is 12.9. The third-order valence-corrected chi connectivity index (χ3v) is 6.07. The van der Waals surface area contributed by atoms with E-state index in [2.05, 4.69) is 0 Å². The van der Waals surface area contributed by atoms with Crippen LogP contribution in [0.3, 0.4) is 0 Å². The van der Waals surface area contributed by atoms with Gasteiger partial charge in [-0.15, -0.1) is 11.8 Å². The van der Waals surface area contributed by atoms with E-state index >= 15 is 0 Å². The van der Waals surface area contributed by atoms with Gasteiger partial charge in [0.25, 0.3) is 0 Å². The monoisotopic (exact) mass is 372 g/mol. The Morgan fingerprint density at radius 1 is 1.30 bits per heavy atom. The average molecular weight is 372 g/mol. The van der Waals surface area contributed by atoms with Crippen molar-refractivity contribution in [1.82, 2.24) is 9.62 Å². The van der Waals surface area contributed by atoms with E-state index in [1.165, 1.54) is 0 Å². The van der Waals surface area contributed by atoms with Gasteiger partial charge in [0.15, 0.2) is 0 Å². The molecule has 0 aromatic heterocycles. The highest BCUT2D eigenvalue weighted by Gasteiger charge is 2.41. The molecule has 1 aliphatic rings. The smallest absolute Gasteiger partial charge is 0.346 e.